The molecule has 1 atom stereocenters. The molecule has 0 aromatic carbocycles. The van der Waals surface area contributed by atoms with Crippen LogP contribution in [0.1, 0.15) is 265 Å². The van der Waals surface area contributed by atoms with Crippen LogP contribution in [0.3, 0.4) is 0 Å². The predicted octanol–water partition coefficient (Wildman–Crippen LogP) is 18.2. The first-order valence-corrected chi connectivity index (χ1v) is 27.4. The minimum Gasteiger partial charge on any atom is -0.462 e. The van der Waals surface area contributed by atoms with Crippen molar-refractivity contribution in [2.45, 2.75) is 271 Å². The average molecular weight is 907 g/mol. The van der Waals surface area contributed by atoms with Gasteiger partial charge in [-0.15, -0.1) is 0 Å². The summed E-state index contributed by atoms with van der Waals surface area (Å²) in [5.74, 6) is -0.892. The van der Waals surface area contributed by atoms with Gasteiger partial charge in [0.25, 0.3) is 0 Å². The Kier molecular flexibility index (Phi) is 50.9. The second-order valence-electron chi connectivity index (χ2n) is 18.1. The van der Waals surface area contributed by atoms with E-state index in [1.807, 2.05) is 0 Å². The lowest BCUT2D eigenvalue weighted by Gasteiger charge is -2.18. The fourth-order valence-corrected chi connectivity index (χ4v) is 7.58. The SMILES string of the molecule is CC/C=C\C/C=C\C/C=C\C/C=C\C/C=C\CCCCCCCCCCCC(=O)OCC(COC(=O)CCCCCCCCCCC)OC(=O)CCCCCCC/C=C\CCCCCC. The number of rotatable bonds is 49. The van der Waals surface area contributed by atoms with E-state index in [1.165, 1.54) is 116 Å². The number of ether oxygens (including phenoxy) is 3. The number of hydrogen-bond donors (Lipinski definition) is 0. The summed E-state index contributed by atoms with van der Waals surface area (Å²) in [6, 6.07) is 0. The molecule has 0 heterocycles. The Bertz CT molecular complexity index is 1230. The molecule has 6 heteroatoms. The molecule has 0 amide bonds. The van der Waals surface area contributed by atoms with Crippen LogP contribution < -0.4 is 0 Å². The van der Waals surface area contributed by atoms with Crippen LogP contribution in [-0.4, -0.2) is 37.2 Å². The van der Waals surface area contributed by atoms with Gasteiger partial charge in [-0.2, -0.15) is 0 Å². The Labute approximate surface area is 402 Å². The number of carbonyl (C=O) groups excluding carboxylic acids is 3. The molecule has 6 nitrogen and oxygen atoms in total. The van der Waals surface area contributed by atoms with Gasteiger partial charge in [-0.1, -0.05) is 229 Å². The van der Waals surface area contributed by atoms with E-state index in [0.717, 1.165) is 109 Å². The summed E-state index contributed by atoms with van der Waals surface area (Å²) in [5.41, 5.74) is 0. The van der Waals surface area contributed by atoms with Crippen LogP contribution in [0.4, 0.5) is 0 Å². The number of allylic oxidation sites excluding steroid dienone is 12. The van der Waals surface area contributed by atoms with Gasteiger partial charge in [0.05, 0.1) is 0 Å². The van der Waals surface area contributed by atoms with E-state index in [1.54, 1.807) is 0 Å². The van der Waals surface area contributed by atoms with Gasteiger partial charge in [0, 0.05) is 19.3 Å². The molecule has 0 N–H and O–H groups in total. The van der Waals surface area contributed by atoms with E-state index < -0.39 is 6.10 Å². The van der Waals surface area contributed by atoms with E-state index >= 15 is 0 Å². The monoisotopic (exact) mass is 907 g/mol. The highest BCUT2D eigenvalue weighted by Gasteiger charge is 2.19. The van der Waals surface area contributed by atoms with Gasteiger partial charge in [-0.25, -0.2) is 0 Å². The fraction of sp³-hybridized carbons (Fsp3) is 0.746. The summed E-state index contributed by atoms with van der Waals surface area (Å²) in [7, 11) is 0. The van der Waals surface area contributed by atoms with Crippen molar-refractivity contribution in [1.29, 1.82) is 0 Å². The summed E-state index contributed by atoms with van der Waals surface area (Å²) in [6.45, 7) is 6.48. The lowest BCUT2D eigenvalue weighted by Crippen LogP contribution is -2.30. The van der Waals surface area contributed by atoms with Gasteiger partial charge in [-0.05, 0) is 89.9 Å². The summed E-state index contributed by atoms with van der Waals surface area (Å²) >= 11 is 0. The largest absolute Gasteiger partial charge is 0.462 e. The zero-order chi connectivity index (χ0) is 47.2. The second-order valence-corrected chi connectivity index (χ2v) is 18.1. The van der Waals surface area contributed by atoms with E-state index in [9.17, 15) is 14.4 Å². The van der Waals surface area contributed by atoms with Crippen molar-refractivity contribution >= 4 is 17.9 Å². The van der Waals surface area contributed by atoms with Crippen molar-refractivity contribution in [3.63, 3.8) is 0 Å². The Balaban J connectivity index is 4.23. The Morgan fingerprint density at radius 2 is 0.600 bits per heavy atom. The first-order valence-electron chi connectivity index (χ1n) is 27.4. The van der Waals surface area contributed by atoms with Gasteiger partial charge >= 0.3 is 17.9 Å². The average Bonchev–Trinajstić information content (AvgIpc) is 3.30. The molecule has 374 valence electrons. The third kappa shape index (κ3) is 51.7. The second kappa shape index (κ2) is 53.5. The zero-order valence-electron chi connectivity index (χ0n) is 42.7. The Hall–Kier alpha value is -3.15. The third-order valence-corrected chi connectivity index (χ3v) is 11.7. The molecule has 0 saturated carbocycles. The fourth-order valence-electron chi connectivity index (χ4n) is 7.58. The summed E-state index contributed by atoms with van der Waals surface area (Å²) in [4.78, 5) is 37.9. The zero-order valence-corrected chi connectivity index (χ0v) is 42.7. The van der Waals surface area contributed by atoms with Crippen LogP contribution in [-0.2, 0) is 28.6 Å². The third-order valence-electron chi connectivity index (χ3n) is 11.7. The lowest BCUT2D eigenvalue weighted by atomic mass is 10.1. The predicted molar refractivity (Wildman–Crippen MR) is 279 cm³/mol. The maximum Gasteiger partial charge on any atom is 0.306 e. The van der Waals surface area contributed by atoms with Crippen molar-refractivity contribution < 1.29 is 28.6 Å². The van der Waals surface area contributed by atoms with Crippen LogP contribution in [0.2, 0.25) is 0 Å². The number of hydrogen-bond acceptors (Lipinski definition) is 6. The topological polar surface area (TPSA) is 78.9 Å². The van der Waals surface area contributed by atoms with Gasteiger partial charge in [-0.3, -0.25) is 14.4 Å². The molecule has 0 aliphatic heterocycles. The van der Waals surface area contributed by atoms with Crippen LogP contribution >= 0.6 is 0 Å². The van der Waals surface area contributed by atoms with Crippen LogP contribution in [0.15, 0.2) is 72.9 Å². The molecule has 0 spiro atoms. The molecule has 65 heavy (non-hydrogen) atoms. The van der Waals surface area contributed by atoms with Crippen molar-refractivity contribution in [2.24, 2.45) is 0 Å². The van der Waals surface area contributed by atoms with E-state index in [-0.39, 0.29) is 31.1 Å². The minimum atomic E-state index is -0.778. The van der Waals surface area contributed by atoms with Crippen molar-refractivity contribution in [3.05, 3.63) is 72.9 Å². The van der Waals surface area contributed by atoms with Crippen LogP contribution in [0, 0.1) is 0 Å². The maximum absolute atomic E-state index is 12.8. The van der Waals surface area contributed by atoms with E-state index in [4.69, 9.17) is 14.2 Å². The summed E-state index contributed by atoms with van der Waals surface area (Å²) < 4.78 is 16.8. The molecule has 0 aromatic heterocycles. The molecule has 1 unspecified atom stereocenters. The first-order chi connectivity index (χ1) is 32.0. The highest BCUT2D eigenvalue weighted by atomic mass is 16.6. The number of unbranched alkanes of at least 4 members (excludes halogenated alkanes) is 26. The number of esters is 3. The van der Waals surface area contributed by atoms with Crippen LogP contribution in [0.25, 0.3) is 0 Å². The molecule has 0 aliphatic carbocycles. The smallest absolute Gasteiger partial charge is 0.306 e. The molecular weight excluding hydrogens is 805 g/mol. The van der Waals surface area contributed by atoms with Gasteiger partial charge in [0.1, 0.15) is 13.2 Å². The first kappa shape index (κ1) is 61.9. The van der Waals surface area contributed by atoms with Crippen molar-refractivity contribution in [1.82, 2.24) is 0 Å². The highest BCUT2D eigenvalue weighted by molar-refractivity contribution is 5.71. The van der Waals surface area contributed by atoms with Crippen LogP contribution in [0.5, 0.6) is 0 Å². The van der Waals surface area contributed by atoms with Gasteiger partial charge < -0.3 is 14.2 Å². The molecular formula is C59H102O6. The highest BCUT2D eigenvalue weighted by Crippen LogP contribution is 2.15. The molecule has 0 rings (SSSR count). The maximum atomic E-state index is 12.8. The van der Waals surface area contributed by atoms with Crippen molar-refractivity contribution in [3.8, 4) is 0 Å². The normalized spacial score (nSPS) is 12.6. The molecule has 0 radical (unpaired) electrons. The Morgan fingerprint density at radius 1 is 0.323 bits per heavy atom. The molecule has 0 fully saturated rings. The van der Waals surface area contributed by atoms with E-state index in [2.05, 4.69) is 93.7 Å². The molecule has 0 bridgehead atoms. The molecule has 0 aromatic rings. The van der Waals surface area contributed by atoms with Gasteiger partial charge in [0.2, 0.25) is 0 Å². The van der Waals surface area contributed by atoms with Crippen molar-refractivity contribution in [2.75, 3.05) is 13.2 Å². The summed E-state index contributed by atoms with van der Waals surface area (Å²) in [6.07, 6.45) is 67.5. The van der Waals surface area contributed by atoms with Gasteiger partial charge in [0.15, 0.2) is 6.10 Å². The number of carbonyl (C=O) groups is 3. The molecule has 0 saturated heterocycles. The van der Waals surface area contributed by atoms with E-state index in [0.29, 0.717) is 19.3 Å². The Morgan fingerprint density at radius 3 is 0.969 bits per heavy atom. The lowest BCUT2D eigenvalue weighted by molar-refractivity contribution is -0.167. The standard InChI is InChI=1S/C59H102O6/c1-4-7-10-13-16-19-21-23-24-25-26-27-28-29-30-31-32-33-34-36-37-40-43-46-49-52-58(61)64-55-56(54-63-57(60)51-48-45-42-39-18-15-12-9-6-3)65-59(62)53-50-47-44-41-38-35-22-20-17-14-11-8-5-2/h7,10,16,19-20,22-24,26-27,29-30,56H,4-6,8-9,11-15,17-18,21,25,28,31-55H2,1-3H3/b10-7-,19-16-,22-20-,24-23-,27-26-,30-29-. The minimum absolute atomic E-state index is 0.0786. The summed E-state index contributed by atoms with van der Waals surface area (Å²) in [5, 5.41) is 0. The quantitative estimate of drug-likeness (QED) is 0.0262. The molecule has 0 aliphatic rings.